The molecule has 0 amide bonds. The Balaban J connectivity index is 1.36. The molecule has 0 fully saturated rings. The number of hydrogen-bond acceptors (Lipinski definition) is 3. The number of rotatable bonds is 7. The molecule has 1 unspecified atom stereocenters. The van der Waals surface area contributed by atoms with Gasteiger partial charge in [-0.2, -0.15) is 0 Å². The van der Waals surface area contributed by atoms with E-state index in [2.05, 4.69) is 26.0 Å². The van der Waals surface area contributed by atoms with E-state index in [9.17, 15) is 4.39 Å². The summed E-state index contributed by atoms with van der Waals surface area (Å²) in [5, 5.41) is 1.79. The van der Waals surface area contributed by atoms with Gasteiger partial charge in [0, 0.05) is 39.1 Å². The number of ether oxygens (including phenoxy) is 3. The third-order valence-electron chi connectivity index (χ3n) is 10.2. The first-order valence-corrected chi connectivity index (χ1v) is 16.4. The van der Waals surface area contributed by atoms with Gasteiger partial charge in [-0.15, -0.1) is 0 Å². The van der Waals surface area contributed by atoms with Crippen molar-refractivity contribution in [3.8, 4) is 34.1 Å². The minimum Gasteiger partial charge on any atom is -0.497 e. The average molecular weight is 637 g/mol. The fourth-order valence-electron chi connectivity index (χ4n) is 7.92. The number of hydrogen-bond donors (Lipinski definition) is 0. The second-order valence-electron chi connectivity index (χ2n) is 12.5. The first kappa shape index (κ1) is 29.9. The summed E-state index contributed by atoms with van der Waals surface area (Å²) in [6, 6.07) is 36.1. The molecule has 0 saturated carbocycles. The Morgan fingerprint density at radius 1 is 0.667 bits per heavy atom. The van der Waals surface area contributed by atoms with Crippen LogP contribution in [0.1, 0.15) is 54.5 Å². The molecular weight excluding hydrogens is 602 g/mol. The lowest BCUT2D eigenvalue weighted by atomic mass is 9.71. The predicted molar refractivity (Wildman–Crippen MR) is 187 cm³/mol. The van der Waals surface area contributed by atoms with Gasteiger partial charge >= 0.3 is 0 Å². The van der Waals surface area contributed by atoms with Gasteiger partial charge < -0.3 is 14.2 Å². The zero-order valence-electron chi connectivity index (χ0n) is 27.0. The summed E-state index contributed by atoms with van der Waals surface area (Å²) in [6.07, 6.45) is 5.52. The largest absolute Gasteiger partial charge is 0.497 e. The van der Waals surface area contributed by atoms with Crippen molar-refractivity contribution in [2.45, 2.75) is 37.7 Å². The highest BCUT2D eigenvalue weighted by Gasteiger charge is 2.48. The standard InChI is InChI=1S/C43H34F2O3/c1-4-42(5-2)39-36(25-29(44)26-37(39)45)38-33-13-9-10-14-34(33)41-35(40(38)42)23-24-43(48-41,27-15-19-30(46-3)20-16-27)28-17-21-32(22-18-28)47-31-11-7-6-8-12-31/h6-26H,4-5H2,1-3H3. The van der Waals surface area contributed by atoms with Gasteiger partial charge in [-0.3, -0.25) is 0 Å². The minimum absolute atomic E-state index is 0.506. The quantitative estimate of drug-likeness (QED) is 0.175. The molecule has 8 rings (SSSR count). The number of benzene rings is 6. The van der Waals surface area contributed by atoms with Gasteiger partial charge in [0.1, 0.15) is 34.6 Å². The molecule has 5 heteroatoms. The van der Waals surface area contributed by atoms with Crippen molar-refractivity contribution in [2.75, 3.05) is 7.11 Å². The van der Waals surface area contributed by atoms with Crippen molar-refractivity contribution in [3.63, 3.8) is 0 Å². The Labute approximate surface area is 279 Å². The van der Waals surface area contributed by atoms with E-state index < -0.39 is 22.7 Å². The van der Waals surface area contributed by atoms with E-state index in [0.717, 1.165) is 56.2 Å². The van der Waals surface area contributed by atoms with E-state index >= 15 is 4.39 Å². The Bertz CT molecular complexity index is 2200. The maximum absolute atomic E-state index is 15.9. The van der Waals surface area contributed by atoms with Gasteiger partial charge in [-0.25, -0.2) is 8.78 Å². The molecule has 1 aliphatic heterocycles. The van der Waals surface area contributed by atoms with Crippen molar-refractivity contribution >= 4 is 16.8 Å². The average Bonchev–Trinajstić information content (AvgIpc) is 3.43. The van der Waals surface area contributed by atoms with Gasteiger partial charge in [-0.1, -0.05) is 86.7 Å². The highest BCUT2D eigenvalue weighted by Crippen LogP contribution is 2.61. The van der Waals surface area contributed by atoms with Crippen LogP contribution in [0.2, 0.25) is 0 Å². The molecule has 238 valence electrons. The zero-order chi connectivity index (χ0) is 33.0. The van der Waals surface area contributed by atoms with Crippen LogP contribution in [-0.2, 0) is 11.0 Å². The fraction of sp³-hybridized carbons (Fsp3) is 0.163. The lowest BCUT2D eigenvalue weighted by Gasteiger charge is -2.39. The van der Waals surface area contributed by atoms with Crippen molar-refractivity contribution in [1.29, 1.82) is 0 Å². The Hall–Kier alpha value is -5.42. The van der Waals surface area contributed by atoms with Crippen molar-refractivity contribution in [1.82, 2.24) is 0 Å². The maximum atomic E-state index is 15.9. The Morgan fingerprint density at radius 3 is 1.92 bits per heavy atom. The molecular formula is C43H34F2O3. The van der Waals surface area contributed by atoms with E-state index in [-0.39, 0.29) is 0 Å². The van der Waals surface area contributed by atoms with Crippen molar-refractivity contribution in [2.24, 2.45) is 0 Å². The second-order valence-corrected chi connectivity index (χ2v) is 12.5. The molecule has 3 nitrogen and oxygen atoms in total. The number of para-hydroxylation sites is 1. The van der Waals surface area contributed by atoms with Crippen LogP contribution in [0.15, 0.2) is 121 Å². The monoisotopic (exact) mass is 636 g/mol. The van der Waals surface area contributed by atoms with Crippen LogP contribution in [0.3, 0.4) is 0 Å². The summed E-state index contributed by atoms with van der Waals surface area (Å²) in [5.41, 5.74) is 4.13. The molecule has 0 radical (unpaired) electrons. The first-order valence-electron chi connectivity index (χ1n) is 16.4. The van der Waals surface area contributed by atoms with Crippen LogP contribution in [0.5, 0.6) is 23.0 Å². The molecule has 6 aromatic carbocycles. The summed E-state index contributed by atoms with van der Waals surface area (Å²) in [5.74, 6) is 1.84. The molecule has 2 aliphatic rings. The molecule has 0 N–H and O–H groups in total. The minimum atomic E-state index is -1.01. The van der Waals surface area contributed by atoms with Crippen LogP contribution >= 0.6 is 0 Å². The lowest BCUT2D eigenvalue weighted by Crippen LogP contribution is -2.35. The first-order chi connectivity index (χ1) is 23.4. The van der Waals surface area contributed by atoms with Gasteiger partial charge in [0.25, 0.3) is 0 Å². The summed E-state index contributed by atoms with van der Waals surface area (Å²) >= 11 is 0. The van der Waals surface area contributed by atoms with E-state index in [1.807, 2.05) is 103 Å². The van der Waals surface area contributed by atoms with Crippen molar-refractivity contribution in [3.05, 3.63) is 161 Å². The van der Waals surface area contributed by atoms with E-state index in [1.165, 1.54) is 6.07 Å². The fourth-order valence-corrected chi connectivity index (χ4v) is 7.92. The molecule has 1 aliphatic carbocycles. The molecule has 0 aromatic heterocycles. The highest BCUT2D eigenvalue weighted by atomic mass is 19.1. The highest BCUT2D eigenvalue weighted by molar-refractivity contribution is 6.08. The van der Waals surface area contributed by atoms with Crippen molar-refractivity contribution < 1.29 is 23.0 Å². The summed E-state index contributed by atoms with van der Waals surface area (Å²) < 4.78 is 49.8. The Morgan fingerprint density at radius 2 is 1.27 bits per heavy atom. The summed E-state index contributed by atoms with van der Waals surface area (Å²) in [4.78, 5) is 0. The number of fused-ring (bicyclic) bond motifs is 8. The molecule has 48 heavy (non-hydrogen) atoms. The smallest absolute Gasteiger partial charge is 0.178 e. The maximum Gasteiger partial charge on any atom is 0.178 e. The van der Waals surface area contributed by atoms with Gasteiger partial charge in [0.2, 0.25) is 0 Å². The van der Waals surface area contributed by atoms with Crippen LogP contribution < -0.4 is 14.2 Å². The summed E-state index contributed by atoms with van der Waals surface area (Å²) in [7, 11) is 1.65. The zero-order valence-corrected chi connectivity index (χ0v) is 27.0. The summed E-state index contributed by atoms with van der Waals surface area (Å²) in [6.45, 7) is 4.17. The third-order valence-corrected chi connectivity index (χ3v) is 10.2. The number of halogens is 2. The molecule has 0 spiro atoms. The predicted octanol–water partition coefficient (Wildman–Crippen LogP) is 11.4. The topological polar surface area (TPSA) is 27.7 Å². The van der Waals surface area contributed by atoms with E-state index in [0.29, 0.717) is 35.5 Å². The van der Waals surface area contributed by atoms with Crippen LogP contribution in [0.4, 0.5) is 8.78 Å². The SMILES string of the molecule is CCC1(CC)c2c(F)cc(F)cc2-c2c1c1c(c3ccccc23)OC(c2ccc(OC)cc2)(c2ccc(Oc3ccccc3)cc2)C=C1. The van der Waals surface area contributed by atoms with Crippen LogP contribution in [0, 0.1) is 11.6 Å². The Kier molecular flexibility index (Phi) is 7.10. The van der Waals surface area contributed by atoms with E-state index in [1.54, 1.807) is 7.11 Å². The molecule has 1 atom stereocenters. The van der Waals surface area contributed by atoms with Gasteiger partial charge in [0.15, 0.2) is 5.60 Å². The normalized spacial score (nSPS) is 16.9. The van der Waals surface area contributed by atoms with Crippen LogP contribution in [-0.4, -0.2) is 7.11 Å². The van der Waals surface area contributed by atoms with Gasteiger partial charge in [-0.05, 0) is 83.5 Å². The lowest BCUT2D eigenvalue weighted by molar-refractivity contribution is 0.163. The molecule has 6 aromatic rings. The van der Waals surface area contributed by atoms with Gasteiger partial charge in [0.05, 0.1) is 7.11 Å². The van der Waals surface area contributed by atoms with E-state index in [4.69, 9.17) is 14.2 Å². The second kappa shape index (κ2) is 11.4. The van der Waals surface area contributed by atoms with Crippen LogP contribution in [0.25, 0.3) is 28.0 Å². The number of methoxy groups -OCH3 is 1. The third kappa shape index (κ3) is 4.37. The molecule has 0 bridgehead atoms. The molecule has 0 saturated heterocycles. The molecule has 1 heterocycles.